The zero-order valence-electron chi connectivity index (χ0n) is 12.2. The molecular formula is C16H15NO4S. The Kier molecular flexibility index (Phi) is 5.16. The first-order valence-electron chi connectivity index (χ1n) is 6.61. The second-order valence-corrected chi connectivity index (χ2v) is 5.81. The van der Waals surface area contributed by atoms with Crippen LogP contribution in [-0.4, -0.2) is 16.6 Å². The molecule has 5 nitrogen and oxygen atoms in total. The lowest BCUT2D eigenvalue weighted by Crippen LogP contribution is -2.10. The summed E-state index contributed by atoms with van der Waals surface area (Å²) in [6.07, 6.45) is 0. The maximum Gasteiger partial charge on any atom is 0.321 e. The number of ether oxygens (including phenoxy) is 1. The molecule has 2 rings (SSSR count). The van der Waals surface area contributed by atoms with Gasteiger partial charge in [-0.05, 0) is 49.2 Å². The van der Waals surface area contributed by atoms with Crippen molar-refractivity contribution in [3.8, 4) is 5.75 Å². The maximum atomic E-state index is 11.8. The van der Waals surface area contributed by atoms with Gasteiger partial charge in [-0.15, -0.1) is 11.8 Å². The van der Waals surface area contributed by atoms with Crippen molar-refractivity contribution < 1.29 is 14.5 Å². The fraction of sp³-hybridized carbons (Fsp3) is 0.188. The molecule has 0 aliphatic heterocycles. The molecule has 0 heterocycles. The van der Waals surface area contributed by atoms with E-state index < -0.39 is 4.92 Å². The molecule has 0 saturated carbocycles. The van der Waals surface area contributed by atoms with Gasteiger partial charge in [0.25, 0.3) is 5.69 Å². The molecule has 22 heavy (non-hydrogen) atoms. The molecule has 0 radical (unpaired) electrons. The monoisotopic (exact) mass is 317 g/mol. The van der Waals surface area contributed by atoms with Gasteiger partial charge in [0.05, 0.1) is 10.7 Å². The number of aryl methyl sites for hydroxylation is 2. The first-order chi connectivity index (χ1) is 10.5. The Morgan fingerprint density at radius 1 is 1.14 bits per heavy atom. The molecule has 0 bridgehead atoms. The topological polar surface area (TPSA) is 69.4 Å². The molecule has 2 aromatic carbocycles. The van der Waals surface area contributed by atoms with E-state index in [0.717, 1.165) is 16.0 Å². The van der Waals surface area contributed by atoms with E-state index in [1.165, 1.54) is 23.9 Å². The minimum atomic E-state index is -0.456. The minimum absolute atomic E-state index is 0.0297. The lowest BCUT2D eigenvalue weighted by atomic mass is 10.1. The number of nitro benzene ring substituents is 1. The number of non-ortho nitro benzene ring substituents is 1. The van der Waals surface area contributed by atoms with Crippen molar-refractivity contribution in [2.75, 3.05) is 5.75 Å². The highest BCUT2D eigenvalue weighted by Crippen LogP contribution is 2.22. The zero-order chi connectivity index (χ0) is 16.1. The van der Waals surface area contributed by atoms with Gasteiger partial charge in [-0.2, -0.15) is 0 Å². The fourth-order valence-electron chi connectivity index (χ4n) is 1.74. The highest BCUT2D eigenvalue weighted by atomic mass is 32.2. The van der Waals surface area contributed by atoms with Gasteiger partial charge in [-0.3, -0.25) is 14.9 Å². The quantitative estimate of drug-likeness (QED) is 0.275. The molecule has 2 aromatic rings. The van der Waals surface area contributed by atoms with E-state index in [2.05, 4.69) is 0 Å². The molecular weight excluding hydrogens is 302 g/mol. The number of carbonyl (C=O) groups is 1. The summed E-state index contributed by atoms with van der Waals surface area (Å²) >= 11 is 1.28. The minimum Gasteiger partial charge on any atom is -0.426 e. The van der Waals surface area contributed by atoms with E-state index in [1.807, 2.05) is 26.0 Å². The number of nitrogens with zero attached hydrogens (tertiary/aromatic N) is 1. The van der Waals surface area contributed by atoms with Gasteiger partial charge in [0.1, 0.15) is 5.75 Å². The summed E-state index contributed by atoms with van der Waals surface area (Å²) in [4.78, 5) is 22.7. The predicted octanol–water partition coefficient (Wildman–Crippen LogP) is 3.91. The predicted molar refractivity (Wildman–Crippen MR) is 85.4 cm³/mol. The summed E-state index contributed by atoms with van der Waals surface area (Å²) < 4.78 is 5.27. The Morgan fingerprint density at radius 3 is 2.41 bits per heavy atom. The number of benzene rings is 2. The summed E-state index contributed by atoms with van der Waals surface area (Å²) in [6, 6.07) is 11.5. The third-order valence-corrected chi connectivity index (χ3v) is 4.10. The van der Waals surface area contributed by atoms with E-state index >= 15 is 0 Å². The SMILES string of the molecule is Cc1ccc(OC(=O)CSc2ccc([N+](=O)[O-])cc2)cc1C. The summed E-state index contributed by atoms with van der Waals surface area (Å²) in [5.41, 5.74) is 2.23. The van der Waals surface area contributed by atoms with Crippen LogP contribution in [0.3, 0.4) is 0 Å². The number of hydrogen-bond donors (Lipinski definition) is 0. The standard InChI is InChI=1S/C16H15NO4S/c1-11-3-6-14(9-12(11)2)21-16(18)10-22-15-7-4-13(5-8-15)17(19)20/h3-9H,10H2,1-2H3. The van der Waals surface area contributed by atoms with E-state index in [0.29, 0.717) is 5.75 Å². The average molecular weight is 317 g/mol. The van der Waals surface area contributed by atoms with Crippen LogP contribution in [0.4, 0.5) is 5.69 Å². The molecule has 0 spiro atoms. The summed E-state index contributed by atoms with van der Waals surface area (Å²) in [7, 11) is 0. The number of thioether (sulfide) groups is 1. The molecule has 0 aliphatic carbocycles. The Labute approximate surface area is 132 Å². The van der Waals surface area contributed by atoms with Gasteiger partial charge < -0.3 is 4.74 Å². The largest absolute Gasteiger partial charge is 0.426 e. The van der Waals surface area contributed by atoms with Crippen LogP contribution < -0.4 is 4.74 Å². The van der Waals surface area contributed by atoms with Crippen molar-refractivity contribution in [2.45, 2.75) is 18.7 Å². The molecule has 0 N–H and O–H groups in total. The van der Waals surface area contributed by atoms with Crippen molar-refractivity contribution in [2.24, 2.45) is 0 Å². The molecule has 0 fully saturated rings. The molecule has 6 heteroatoms. The van der Waals surface area contributed by atoms with Crippen LogP contribution in [0.2, 0.25) is 0 Å². The number of hydrogen-bond acceptors (Lipinski definition) is 5. The molecule has 0 atom stereocenters. The van der Waals surface area contributed by atoms with Crippen LogP contribution in [0.15, 0.2) is 47.4 Å². The number of esters is 1. The summed E-state index contributed by atoms with van der Waals surface area (Å²) in [5.74, 6) is 0.314. The van der Waals surface area contributed by atoms with Gasteiger partial charge >= 0.3 is 5.97 Å². The van der Waals surface area contributed by atoms with Crippen LogP contribution in [0.5, 0.6) is 5.75 Å². The normalized spacial score (nSPS) is 10.3. The highest BCUT2D eigenvalue weighted by molar-refractivity contribution is 8.00. The van der Waals surface area contributed by atoms with Gasteiger partial charge in [0.15, 0.2) is 0 Å². The fourth-order valence-corrected chi connectivity index (χ4v) is 2.42. The third-order valence-electron chi connectivity index (χ3n) is 3.11. The van der Waals surface area contributed by atoms with Gasteiger partial charge in [0, 0.05) is 17.0 Å². The third kappa shape index (κ3) is 4.33. The molecule has 0 unspecified atom stereocenters. The van der Waals surface area contributed by atoms with Gasteiger partial charge in [-0.25, -0.2) is 0 Å². The maximum absolute atomic E-state index is 11.8. The zero-order valence-corrected chi connectivity index (χ0v) is 13.1. The number of carbonyl (C=O) groups excluding carboxylic acids is 1. The Balaban J connectivity index is 1.89. The van der Waals surface area contributed by atoms with Crippen LogP contribution in [0, 0.1) is 24.0 Å². The van der Waals surface area contributed by atoms with Crippen LogP contribution in [0.1, 0.15) is 11.1 Å². The van der Waals surface area contributed by atoms with Gasteiger partial charge in [0.2, 0.25) is 0 Å². The first-order valence-corrected chi connectivity index (χ1v) is 7.59. The van der Waals surface area contributed by atoms with Crippen molar-refractivity contribution in [3.05, 3.63) is 63.7 Å². The molecule has 114 valence electrons. The molecule has 0 aromatic heterocycles. The van der Waals surface area contributed by atoms with Crippen molar-refractivity contribution >= 4 is 23.4 Å². The Morgan fingerprint density at radius 2 is 1.82 bits per heavy atom. The molecule has 0 saturated heterocycles. The molecule has 0 aliphatic rings. The number of nitro groups is 1. The highest BCUT2D eigenvalue weighted by Gasteiger charge is 2.08. The van der Waals surface area contributed by atoms with Gasteiger partial charge in [-0.1, -0.05) is 6.07 Å². The van der Waals surface area contributed by atoms with E-state index in [-0.39, 0.29) is 17.4 Å². The second kappa shape index (κ2) is 7.09. The smallest absolute Gasteiger partial charge is 0.321 e. The van der Waals surface area contributed by atoms with Crippen molar-refractivity contribution in [3.63, 3.8) is 0 Å². The Bertz CT molecular complexity index is 698. The second-order valence-electron chi connectivity index (χ2n) is 4.76. The summed E-state index contributed by atoms with van der Waals surface area (Å²) in [6.45, 7) is 3.95. The summed E-state index contributed by atoms with van der Waals surface area (Å²) in [5, 5.41) is 10.6. The van der Waals surface area contributed by atoms with Crippen LogP contribution in [0.25, 0.3) is 0 Å². The van der Waals surface area contributed by atoms with E-state index in [4.69, 9.17) is 4.74 Å². The van der Waals surface area contributed by atoms with E-state index in [1.54, 1.807) is 18.2 Å². The van der Waals surface area contributed by atoms with Crippen LogP contribution >= 0.6 is 11.8 Å². The number of rotatable bonds is 5. The van der Waals surface area contributed by atoms with Crippen molar-refractivity contribution in [1.82, 2.24) is 0 Å². The lowest BCUT2D eigenvalue weighted by Gasteiger charge is -2.06. The lowest BCUT2D eigenvalue weighted by molar-refractivity contribution is -0.384. The van der Waals surface area contributed by atoms with E-state index in [9.17, 15) is 14.9 Å². The van der Waals surface area contributed by atoms with Crippen LogP contribution in [-0.2, 0) is 4.79 Å². The average Bonchev–Trinajstić information content (AvgIpc) is 2.49. The molecule has 0 amide bonds. The Hall–Kier alpha value is -2.34. The first kappa shape index (κ1) is 16.0. The van der Waals surface area contributed by atoms with Crippen molar-refractivity contribution in [1.29, 1.82) is 0 Å².